The third kappa shape index (κ3) is 4.09. The molecule has 112 valence electrons. The van der Waals surface area contributed by atoms with Crippen molar-refractivity contribution in [3.63, 3.8) is 0 Å². The zero-order valence-corrected chi connectivity index (χ0v) is 12.9. The summed E-state index contributed by atoms with van der Waals surface area (Å²) in [5, 5.41) is 3.19. The summed E-state index contributed by atoms with van der Waals surface area (Å²) < 4.78 is 0. The van der Waals surface area contributed by atoms with E-state index in [1.807, 2.05) is 24.3 Å². The molecule has 3 atom stereocenters. The van der Waals surface area contributed by atoms with E-state index in [4.69, 9.17) is 5.73 Å². The Kier molecular flexibility index (Phi) is 5.41. The fourth-order valence-corrected chi connectivity index (χ4v) is 2.93. The van der Waals surface area contributed by atoms with Crippen LogP contribution in [0.1, 0.15) is 49.0 Å². The highest BCUT2D eigenvalue weighted by atomic mass is 16.1. The van der Waals surface area contributed by atoms with Crippen molar-refractivity contribution in [3.05, 3.63) is 35.4 Å². The molecule has 0 bridgehead atoms. The zero-order valence-electron chi connectivity index (χ0n) is 12.9. The maximum atomic E-state index is 12.4. The minimum absolute atomic E-state index is 0.00246. The van der Waals surface area contributed by atoms with Crippen molar-refractivity contribution in [2.24, 2.45) is 17.6 Å². The number of benzene rings is 1. The lowest BCUT2D eigenvalue weighted by molar-refractivity contribution is 0.0891. The average Bonchev–Trinajstić information content (AvgIpc) is 2.50. The van der Waals surface area contributed by atoms with Crippen molar-refractivity contribution in [2.75, 3.05) is 6.54 Å². The Bertz CT molecular complexity index is 556. The molecule has 0 saturated heterocycles. The van der Waals surface area contributed by atoms with Gasteiger partial charge < -0.3 is 11.1 Å². The highest BCUT2D eigenvalue weighted by molar-refractivity contribution is 5.94. The summed E-state index contributed by atoms with van der Waals surface area (Å²) in [6.07, 6.45) is 3.53. The number of nitrogens with two attached hydrogens (primary N) is 1. The van der Waals surface area contributed by atoms with Gasteiger partial charge in [0, 0.05) is 17.2 Å². The van der Waals surface area contributed by atoms with E-state index in [2.05, 4.69) is 31.0 Å². The Morgan fingerprint density at radius 2 is 2.19 bits per heavy atom. The Balaban J connectivity index is 2.06. The molecule has 0 spiro atoms. The van der Waals surface area contributed by atoms with E-state index < -0.39 is 0 Å². The second-order valence-corrected chi connectivity index (χ2v) is 5.93. The van der Waals surface area contributed by atoms with E-state index >= 15 is 0 Å². The Morgan fingerprint density at radius 1 is 1.38 bits per heavy atom. The van der Waals surface area contributed by atoms with Crippen LogP contribution in [0.3, 0.4) is 0 Å². The summed E-state index contributed by atoms with van der Waals surface area (Å²) in [5.74, 6) is 6.98. The molecular weight excluding hydrogens is 260 g/mol. The summed E-state index contributed by atoms with van der Waals surface area (Å²) in [5.41, 5.74) is 6.88. The number of hydrogen-bond acceptors (Lipinski definition) is 2. The third-order valence-corrected chi connectivity index (χ3v) is 4.48. The molecule has 1 aromatic carbocycles. The lowest BCUT2D eigenvalue weighted by Crippen LogP contribution is -2.43. The van der Waals surface area contributed by atoms with Gasteiger partial charge in [0.15, 0.2) is 0 Å². The van der Waals surface area contributed by atoms with Crippen LogP contribution in [-0.4, -0.2) is 18.5 Å². The van der Waals surface area contributed by atoms with E-state index in [1.165, 1.54) is 12.8 Å². The first-order valence-corrected chi connectivity index (χ1v) is 7.71. The van der Waals surface area contributed by atoms with Crippen LogP contribution in [0.4, 0.5) is 0 Å². The van der Waals surface area contributed by atoms with E-state index in [0.29, 0.717) is 23.9 Å². The Labute approximate surface area is 127 Å². The van der Waals surface area contributed by atoms with Crippen molar-refractivity contribution in [2.45, 2.75) is 39.2 Å². The van der Waals surface area contributed by atoms with Crippen molar-refractivity contribution >= 4 is 5.91 Å². The first-order chi connectivity index (χ1) is 10.1. The Hall–Kier alpha value is -1.79. The average molecular weight is 284 g/mol. The van der Waals surface area contributed by atoms with Crippen molar-refractivity contribution in [1.82, 2.24) is 5.32 Å². The van der Waals surface area contributed by atoms with Crippen LogP contribution in [0.15, 0.2) is 24.3 Å². The molecule has 3 unspecified atom stereocenters. The monoisotopic (exact) mass is 284 g/mol. The van der Waals surface area contributed by atoms with Gasteiger partial charge in [0.2, 0.25) is 0 Å². The minimum atomic E-state index is -0.00246. The van der Waals surface area contributed by atoms with Crippen LogP contribution in [0.2, 0.25) is 0 Å². The standard InChI is InChI=1S/C18H24N2O/c1-13-6-3-10-17(14(13)2)20-18(21)16-9-4-7-15(12-16)8-5-11-19/h4,7,9,12-14,17H,3,6,10-11,19H2,1-2H3,(H,20,21). The van der Waals surface area contributed by atoms with E-state index in [0.717, 1.165) is 12.0 Å². The van der Waals surface area contributed by atoms with Crippen molar-refractivity contribution < 1.29 is 4.79 Å². The van der Waals surface area contributed by atoms with Gasteiger partial charge in [-0.1, -0.05) is 44.6 Å². The number of rotatable bonds is 2. The van der Waals surface area contributed by atoms with Gasteiger partial charge in [0.05, 0.1) is 6.54 Å². The number of nitrogens with one attached hydrogen (secondary N) is 1. The number of carbonyl (C=O) groups is 1. The number of hydrogen-bond donors (Lipinski definition) is 2. The lowest BCUT2D eigenvalue weighted by atomic mass is 9.78. The van der Waals surface area contributed by atoms with Crippen LogP contribution in [0, 0.1) is 23.7 Å². The number of amides is 1. The molecule has 0 heterocycles. The topological polar surface area (TPSA) is 55.1 Å². The molecule has 0 aromatic heterocycles. The highest BCUT2D eigenvalue weighted by Gasteiger charge is 2.28. The van der Waals surface area contributed by atoms with Gasteiger partial charge in [-0.05, 0) is 36.5 Å². The maximum absolute atomic E-state index is 12.4. The van der Waals surface area contributed by atoms with Gasteiger partial charge in [-0.25, -0.2) is 0 Å². The number of carbonyl (C=O) groups excluding carboxylic acids is 1. The van der Waals surface area contributed by atoms with Crippen LogP contribution in [0.25, 0.3) is 0 Å². The summed E-state index contributed by atoms with van der Waals surface area (Å²) in [6.45, 7) is 4.83. The smallest absolute Gasteiger partial charge is 0.251 e. The van der Waals surface area contributed by atoms with Crippen molar-refractivity contribution in [3.8, 4) is 11.8 Å². The van der Waals surface area contributed by atoms with Gasteiger partial charge in [0.25, 0.3) is 5.91 Å². The van der Waals surface area contributed by atoms with Crippen molar-refractivity contribution in [1.29, 1.82) is 0 Å². The molecule has 1 fully saturated rings. The van der Waals surface area contributed by atoms with Gasteiger partial charge in [-0.15, -0.1) is 0 Å². The largest absolute Gasteiger partial charge is 0.349 e. The molecule has 1 aliphatic rings. The first-order valence-electron chi connectivity index (χ1n) is 7.71. The molecule has 0 aliphatic heterocycles. The molecule has 2 rings (SSSR count). The second kappa shape index (κ2) is 7.28. The predicted molar refractivity (Wildman–Crippen MR) is 85.8 cm³/mol. The highest BCUT2D eigenvalue weighted by Crippen LogP contribution is 2.29. The summed E-state index contributed by atoms with van der Waals surface area (Å²) >= 11 is 0. The summed E-state index contributed by atoms with van der Waals surface area (Å²) in [7, 11) is 0. The minimum Gasteiger partial charge on any atom is -0.349 e. The van der Waals surface area contributed by atoms with Gasteiger partial charge >= 0.3 is 0 Å². The fourth-order valence-electron chi connectivity index (χ4n) is 2.93. The molecule has 1 aromatic rings. The van der Waals surface area contributed by atoms with Gasteiger partial charge in [-0.2, -0.15) is 0 Å². The van der Waals surface area contributed by atoms with E-state index in [-0.39, 0.29) is 11.9 Å². The van der Waals surface area contributed by atoms with Crippen LogP contribution in [0.5, 0.6) is 0 Å². The summed E-state index contributed by atoms with van der Waals surface area (Å²) in [6, 6.07) is 7.70. The zero-order chi connectivity index (χ0) is 15.2. The normalized spacial score (nSPS) is 24.8. The quantitative estimate of drug-likeness (QED) is 0.820. The lowest BCUT2D eigenvalue weighted by Gasteiger charge is -2.34. The molecule has 21 heavy (non-hydrogen) atoms. The molecule has 1 saturated carbocycles. The van der Waals surface area contributed by atoms with Gasteiger partial charge in [-0.3, -0.25) is 4.79 Å². The van der Waals surface area contributed by atoms with E-state index in [9.17, 15) is 4.79 Å². The molecule has 3 N–H and O–H groups in total. The first kappa shape index (κ1) is 15.6. The third-order valence-electron chi connectivity index (χ3n) is 4.48. The molecule has 3 heteroatoms. The second-order valence-electron chi connectivity index (χ2n) is 5.93. The van der Waals surface area contributed by atoms with Crippen LogP contribution >= 0.6 is 0 Å². The van der Waals surface area contributed by atoms with E-state index in [1.54, 1.807) is 0 Å². The fraction of sp³-hybridized carbons (Fsp3) is 0.500. The van der Waals surface area contributed by atoms with Gasteiger partial charge in [0.1, 0.15) is 0 Å². The molecule has 1 aliphatic carbocycles. The molecule has 0 radical (unpaired) electrons. The maximum Gasteiger partial charge on any atom is 0.251 e. The molecule has 1 amide bonds. The van der Waals surface area contributed by atoms with Crippen LogP contribution < -0.4 is 11.1 Å². The van der Waals surface area contributed by atoms with Crippen LogP contribution in [-0.2, 0) is 0 Å². The SMILES string of the molecule is CC1CCCC(NC(=O)c2cccc(C#CCN)c2)C1C. The Morgan fingerprint density at radius 3 is 2.95 bits per heavy atom. The predicted octanol–water partition coefficient (Wildman–Crippen LogP) is 2.55. The summed E-state index contributed by atoms with van der Waals surface area (Å²) in [4.78, 5) is 12.4. The molecule has 3 nitrogen and oxygen atoms in total. The molecular formula is C18H24N2O.